The third-order valence-electron chi connectivity index (χ3n) is 1.71. The van der Waals surface area contributed by atoms with E-state index in [1.54, 1.807) is 13.0 Å². The molecule has 0 unspecified atom stereocenters. The minimum absolute atomic E-state index is 0.263. The first kappa shape index (κ1) is 7.49. The number of nitrogen functional groups attached to an aromatic ring is 1. The summed E-state index contributed by atoms with van der Waals surface area (Å²) in [4.78, 5) is 3.89. The van der Waals surface area contributed by atoms with Gasteiger partial charge < -0.3 is 5.73 Å². The lowest BCUT2D eigenvalue weighted by Crippen LogP contribution is -1.84. The first-order valence-corrected chi connectivity index (χ1v) is 4.31. The number of fused-ring (bicyclic) bond motifs is 1. The minimum Gasteiger partial charge on any atom is -0.375 e. The van der Waals surface area contributed by atoms with Crippen LogP contribution in [0.4, 0.5) is 9.52 Å². The predicted molar refractivity (Wildman–Crippen MR) is 48.7 cm³/mol. The molecule has 0 aliphatic rings. The van der Waals surface area contributed by atoms with Crippen molar-refractivity contribution in [2.75, 3.05) is 5.73 Å². The van der Waals surface area contributed by atoms with Gasteiger partial charge in [0.15, 0.2) is 10.9 Å². The van der Waals surface area contributed by atoms with Crippen molar-refractivity contribution in [1.82, 2.24) is 4.98 Å². The van der Waals surface area contributed by atoms with Crippen LogP contribution in [0.3, 0.4) is 0 Å². The standard InChI is InChI=1S/C8H7FN2S/c1-4-2-3-5-7(6(4)9)11-8(10)12-5/h2-3H,1H3,(H2,10,11). The summed E-state index contributed by atoms with van der Waals surface area (Å²) in [6.07, 6.45) is 0. The molecule has 0 saturated carbocycles. The molecule has 2 aromatic rings. The van der Waals surface area contributed by atoms with Gasteiger partial charge in [-0.2, -0.15) is 0 Å². The number of aromatic nitrogens is 1. The van der Waals surface area contributed by atoms with Crippen molar-refractivity contribution in [3.63, 3.8) is 0 Å². The number of rotatable bonds is 0. The van der Waals surface area contributed by atoms with Crippen LogP contribution >= 0.6 is 11.3 Å². The van der Waals surface area contributed by atoms with E-state index in [9.17, 15) is 4.39 Å². The Labute approximate surface area is 72.8 Å². The van der Waals surface area contributed by atoms with Crippen molar-refractivity contribution in [3.8, 4) is 0 Å². The maximum absolute atomic E-state index is 13.3. The number of aryl methyl sites for hydroxylation is 1. The van der Waals surface area contributed by atoms with Gasteiger partial charge in [-0.3, -0.25) is 0 Å². The average molecular weight is 182 g/mol. The van der Waals surface area contributed by atoms with E-state index in [2.05, 4.69) is 4.98 Å². The third kappa shape index (κ3) is 0.956. The molecular weight excluding hydrogens is 175 g/mol. The fourth-order valence-corrected chi connectivity index (χ4v) is 1.81. The maximum Gasteiger partial charge on any atom is 0.181 e. The molecule has 0 spiro atoms. The SMILES string of the molecule is Cc1ccc2sc(N)nc2c1F. The number of hydrogen-bond acceptors (Lipinski definition) is 3. The summed E-state index contributed by atoms with van der Waals surface area (Å²) < 4.78 is 14.1. The highest BCUT2D eigenvalue weighted by atomic mass is 32.1. The van der Waals surface area contributed by atoms with Crippen molar-refractivity contribution in [2.45, 2.75) is 6.92 Å². The second-order valence-electron chi connectivity index (χ2n) is 2.60. The van der Waals surface area contributed by atoms with Crippen LogP contribution < -0.4 is 5.73 Å². The van der Waals surface area contributed by atoms with E-state index in [-0.39, 0.29) is 5.82 Å². The molecular formula is C8H7FN2S. The number of anilines is 1. The van der Waals surface area contributed by atoms with Crippen LogP contribution in [-0.2, 0) is 0 Å². The summed E-state index contributed by atoms with van der Waals surface area (Å²) in [6, 6.07) is 3.57. The summed E-state index contributed by atoms with van der Waals surface area (Å²) in [5.74, 6) is -0.263. The van der Waals surface area contributed by atoms with Crippen molar-refractivity contribution in [3.05, 3.63) is 23.5 Å². The fourth-order valence-electron chi connectivity index (χ4n) is 1.08. The number of nitrogens with zero attached hydrogens (tertiary/aromatic N) is 1. The zero-order valence-corrected chi connectivity index (χ0v) is 7.28. The smallest absolute Gasteiger partial charge is 0.181 e. The molecule has 2 N–H and O–H groups in total. The van der Waals surface area contributed by atoms with Gasteiger partial charge in [-0.05, 0) is 18.6 Å². The molecule has 4 heteroatoms. The van der Waals surface area contributed by atoms with Crippen molar-refractivity contribution in [1.29, 1.82) is 0 Å². The van der Waals surface area contributed by atoms with Crippen molar-refractivity contribution < 1.29 is 4.39 Å². The minimum atomic E-state index is -0.263. The normalized spacial score (nSPS) is 10.8. The van der Waals surface area contributed by atoms with Gasteiger partial charge in [0.05, 0.1) is 4.70 Å². The highest BCUT2D eigenvalue weighted by Gasteiger charge is 2.07. The lowest BCUT2D eigenvalue weighted by molar-refractivity contribution is 0.628. The highest BCUT2D eigenvalue weighted by molar-refractivity contribution is 7.22. The second kappa shape index (κ2) is 2.42. The van der Waals surface area contributed by atoms with E-state index in [0.29, 0.717) is 16.2 Å². The van der Waals surface area contributed by atoms with Crippen LogP contribution in [-0.4, -0.2) is 4.98 Å². The second-order valence-corrected chi connectivity index (χ2v) is 3.66. The van der Waals surface area contributed by atoms with Crippen LogP contribution in [0.5, 0.6) is 0 Å². The summed E-state index contributed by atoms with van der Waals surface area (Å²) in [7, 11) is 0. The van der Waals surface area contributed by atoms with E-state index in [4.69, 9.17) is 5.73 Å². The van der Waals surface area contributed by atoms with Gasteiger partial charge in [0, 0.05) is 0 Å². The fraction of sp³-hybridized carbons (Fsp3) is 0.125. The Morgan fingerprint density at radius 2 is 2.25 bits per heavy atom. The van der Waals surface area contributed by atoms with E-state index < -0.39 is 0 Å². The lowest BCUT2D eigenvalue weighted by atomic mass is 10.2. The van der Waals surface area contributed by atoms with E-state index in [1.165, 1.54) is 11.3 Å². The Morgan fingerprint density at radius 1 is 1.50 bits per heavy atom. The summed E-state index contributed by atoms with van der Waals surface area (Å²) >= 11 is 1.30. The Kier molecular flexibility index (Phi) is 1.51. The average Bonchev–Trinajstić information content (AvgIpc) is 2.39. The molecule has 0 atom stereocenters. The van der Waals surface area contributed by atoms with E-state index in [0.717, 1.165) is 4.70 Å². The van der Waals surface area contributed by atoms with Crippen LogP contribution in [0, 0.1) is 12.7 Å². The highest BCUT2D eigenvalue weighted by Crippen LogP contribution is 2.26. The Hall–Kier alpha value is -1.16. The third-order valence-corrected chi connectivity index (χ3v) is 2.56. The topological polar surface area (TPSA) is 38.9 Å². The predicted octanol–water partition coefficient (Wildman–Crippen LogP) is 2.33. The molecule has 2 nitrogen and oxygen atoms in total. The van der Waals surface area contributed by atoms with E-state index >= 15 is 0 Å². The zero-order valence-electron chi connectivity index (χ0n) is 6.47. The number of benzene rings is 1. The molecule has 0 fully saturated rings. The van der Waals surface area contributed by atoms with Crippen LogP contribution in [0.25, 0.3) is 10.2 Å². The molecule has 1 aromatic heterocycles. The van der Waals surface area contributed by atoms with Crippen LogP contribution in [0.1, 0.15) is 5.56 Å². The van der Waals surface area contributed by atoms with E-state index in [1.807, 2.05) is 6.07 Å². The molecule has 0 aliphatic carbocycles. The van der Waals surface area contributed by atoms with Crippen LogP contribution in [0.2, 0.25) is 0 Å². The molecule has 0 saturated heterocycles. The van der Waals surface area contributed by atoms with Crippen molar-refractivity contribution in [2.24, 2.45) is 0 Å². The molecule has 0 bridgehead atoms. The van der Waals surface area contributed by atoms with Gasteiger partial charge >= 0.3 is 0 Å². The largest absolute Gasteiger partial charge is 0.375 e. The summed E-state index contributed by atoms with van der Waals surface area (Å²) in [5, 5.41) is 0.412. The van der Waals surface area contributed by atoms with Gasteiger partial charge in [-0.1, -0.05) is 17.4 Å². The molecule has 0 aliphatic heterocycles. The van der Waals surface area contributed by atoms with Gasteiger partial charge in [-0.15, -0.1) is 0 Å². The molecule has 62 valence electrons. The first-order valence-electron chi connectivity index (χ1n) is 3.49. The summed E-state index contributed by atoms with van der Waals surface area (Å²) in [6.45, 7) is 1.71. The zero-order chi connectivity index (χ0) is 8.72. The van der Waals surface area contributed by atoms with Gasteiger partial charge in [0.2, 0.25) is 0 Å². The molecule has 1 heterocycles. The molecule has 0 radical (unpaired) electrons. The Balaban J connectivity index is 2.89. The molecule has 12 heavy (non-hydrogen) atoms. The maximum atomic E-state index is 13.3. The number of halogens is 1. The first-order chi connectivity index (χ1) is 5.68. The van der Waals surface area contributed by atoms with Gasteiger partial charge in [-0.25, -0.2) is 9.37 Å². The quantitative estimate of drug-likeness (QED) is 0.679. The summed E-state index contributed by atoms with van der Waals surface area (Å²) in [5.41, 5.74) is 6.44. The molecule has 0 amide bonds. The van der Waals surface area contributed by atoms with Gasteiger partial charge in [0.25, 0.3) is 0 Å². The monoisotopic (exact) mass is 182 g/mol. The Bertz CT molecular complexity index is 436. The molecule has 1 aromatic carbocycles. The molecule has 2 rings (SSSR count). The van der Waals surface area contributed by atoms with Crippen LogP contribution in [0.15, 0.2) is 12.1 Å². The Morgan fingerprint density at radius 3 is 3.00 bits per heavy atom. The van der Waals surface area contributed by atoms with Gasteiger partial charge in [0.1, 0.15) is 5.52 Å². The number of nitrogens with two attached hydrogens (primary N) is 1. The number of thiazole rings is 1. The number of hydrogen-bond donors (Lipinski definition) is 1. The lowest BCUT2D eigenvalue weighted by Gasteiger charge is -1.93. The van der Waals surface area contributed by atoms with Crippen molar-refractivity contribution >= 4 is 26.7 Å².